The van der Waals surface area contributed by atoms with E-state index in [-0.39, 0.29) is 17.4 Å². The van der Waals surface area contributed by atoms with E-state index in [1.165, 1.54) is 25.5 Å². The second kappa shape index (κ2) is 6.58. The lowest BCUT2D eigenvalue weighted by molar-refractivity contribution is 0.102. The maximum absolute atomic E-state index is 12.9. The molecule has 1 atom stereocenters. The third-order valence-electron chi connectivity index (χ3n) is 4.14. The molecule has 0 spiro atoms. The molecule has 1 amide bonds. The number of nitrogens with one attached hydrogen (secondary N) is 1. The van der Waals surface area contributed by atoms with Gasteiger partial charge in [0, 0.05) is 18.8 Å². The van der Waals surface area contributed by atoms with E-state index in [1.54, 1.807) is 13.0 Å². The number of amides is 1. The average Bonchev–Trinajstić information content (AvgIpc) is 2.60. The summed E-state index contributed by atoms with van der Waals surface area (Å²) in [4.78, 5) is 24.3. The van der Waals surface area contributed by atoms with E-state index in [9.17, 15) is 17.6 Å². The summed E-state index contributed by atoms with van der Waals surface area (Å²) in [6.07, 6.45) is 3.79. The molecule has 0 aromatic carbocycles. The first kappa shape index (κ1) is 18.7. The molecule has 0 unspecified atom stereocenters. The molecule has 11 heteroatoms. The maximum atomic E-state index is 12.9. The molecule has 9 nitrogen and oxygen atoms in total. The molecule has 0 radical (unpaired) electrons. The molecule has 3 rings (SSSR count). The van der Waals surface area contributed by atoms with Crippen LogP contribution in [0, 0.1) is 5.82 Å². The van der Waals surface area contributed by atoms with Gasteiger partial charge in [0.15, 0.2) is 0 Å². The number of sulfonamides is 1. The van der Waals surface area contributed by atoms with E-state index in [4.69, 9.17) is 5.73 Å². The fourth-order valence-electron chi connectivity index (χ4n) is 2.61. The fourth-order valence-corrected chi connectivity index (χ4v) is 4.07. The molecule has 2 aromatic heterocycles. The lowest BCUT2D eigenvalue weighted by Crippen LogP contribution is -2.50. The Labute approximate surface area is 155 Å². The van der Waals surface area contributed by atoms with Crippen LogP contribution < -0.4 is 11.1 Å². The second-order valence-corrected chi connectivity index (χ2v) is 8.25. The van der Waals surface area contributed by atoms with Gasteiger partial charge < -0.3 is 11.1 Å². The number of rotatable bonds is 3. The van der Waals surface area contributed by atoms with Crippen LogP contribution in [0.3, 0.4) is 0 Å². The van der Waals surface area contributed by atoms with E-state index in [1.807, 2.05) is 0 Å². The van der Waals surface area contributed by atoms with Crippen LogP contribution in [0.25, 0.3) is 0 Å². The number of anilines is 1. The van der Waals surface area contributed by atoms with Crippen molar-refractivity contribution in [1.29, 1.82) is 0 Å². The van der Waals surface area contributed by atoms with Gasteiger partial charge in [0.2, 0.25) is 16.0 Å². The molecule has 0 aliphatic carbocycles. The Kier molecular flexibility index (Phi) is 4.56. The van der Waals surface area contributed by atoms with Gasteiger partial charge in [-0.3, -0.25) is 9.78 Å². The smallest absolute Gasteiger partial charge is 0.274 e. The number of pyridine rings is 2. The summed E-state index contributed by atoms with van der Waals surface area (Å²) in [5, 5.41) is 2.59. The monoisotopic (exact) mass is 392 g/mol. The molecule has 3 heterocycles. The highest BCUT2D eigenvalue weighted by molar-refractivity contribution is 7.89. The highest BCUT2D eigenvalue weighted by Gasteiger charge is 2.40. The zero-order valence-corrected chi connectivity index (χ0v) is 15.4. The van der Waals surface area contributed by atoms with Crippen molar-refractivity contribution in [3.63, 3.8) is 0 Å². The van der Waals surface area contributed by atoms with Crippen molar-refractivity contribution in [2.75, 3.05) is 18.1 Å². The standard InChI is InChI=1S/C16H17FN6O3S/c1-16(9-27(25,26)23(2)15(18)22-16)10-5-12(8-19-6-10)21-14(24)13-4-3-11(17)7-20-13/h3-8H,9H2,1-2H3,(H2,18,22)(H,21,24)/t16-/m0/s1. The third kappa shape index (κ3) is 3.72. The molecule has 0 saturated heterocycles. The van der Waals surface area contributed by atoms with Crippen LogP contribution in [0.2, 0.25) is 0 Å². The van der Waals surface area contributed by atoms with Gasteiger partial charge in [0.1, 0.15) is 17.1 Å². The van der Waals surface area contributed by atoms with Crippen molar-refractivity contribution < 1.29 is 17.6 Å². The predicted molar refractivity (Wildman–Crippen MR) is 96.9 cm³/mol. The van der Waals surface area contributed by atoms with E-state index in [2.05, 4.69) is 20.3 Å². The Bertz CT molecular complexity index is 1020. The number of nitrogens with two attached hydrogens (primary N) is 1. The topological polar surface area (TPSA) is 131 Å². The predicted octanol–water partition coefficient (Wildman–Crippen LogP) is 0.673. The first-order valence-electron chi connectivity index (χ1n) is 7.81. The molecule has 142 valence electrons. The molecular formula is C16H17FN6O3S. The molecule has 1 aliphatic heterocycles. The summed E-state index contributed by atoms with van der Waals surface area (Å²) in [5.74, 6) is -1.54. The minimum atomic E-state index is -3.63. The number of halogens is 1. The van der Waals surface area contributed by atoms with Crippen LogP contribution >= 0.6 is 0 Å². The lowest BCUT2D eigenvalue weighted by atomic mass is 9.96. The zero-order chi connectivity index (χ0) is 19.8. The zero-order valence-electron chi connectivity index (χ0n) is 14.5. The number of aromatic nitrogens is 2. The number of nitrogens with zero attached hydrogens (tertiary/aromatic N) is 4. The Morgan fingerprint density at radius 1 is 1.33 bits per heavy atom. The minimum absolute atomic E-state index is 0.0251. The van der Waals surface area contributed by atoms with E-state index in [0.717, 1.165) is 16.6 Å². The van der Waals surface area contributed by atoms with Gasteiger partial charge in [-0.25, -0.2) is 27.1 Å². The summed E-state index contributed by atoms with van der Waals surface area (Å²) >= 11 is 0. The normalized spacial score (nSPS) is 21.4. The van der Waals surface area contributed by atoms with Gasteiger partial charge in [0.05, 0.1) is 23.8 Å². The molecule has 2 aromatic rings. The van der Waals surface area contributed by atoms with Crippen molar-refractivity contribution in [3.8, 4) is 0 Å². The SMILES string of the molecule is CN1C(N)=N[C@](C)(c2cncc(NC(=O)c3ccc(F)cn3)c2)CS1(=O)=O. The van der Waals surface area contributed by atoms with Crippen molar-refractivity contribution in [1.82, 2.24) is 14.3 Å². The Hall–Kier alpha value is -3.08. The maximum Gasteiger partial charge on any atom is 0.274 e. The van der Waals surface area contributed by atoms with Crippen molar-refractivity contribution in [2.45, 2.75) is 12.5 Å². The molecule has 0 saturated carbocycles. The minimum Gasteiger partial charge on any atom is -0.369 e. The number of hydrogen-bond acceptors (Lipinski definition) is 7. The second-order valence-electron chi connectivity index (χ2n) is 6.25. The van der Waals surface area contributed by atoms with Crippen molar-refractivity contribution >= 4 is 27.6 Å². The van der Waals surface area contributed by atoms with Crippen LogP contribution in [-0.4, -0.2) is 47.4 Å². The first-order valence-corrected chi connectivity index (χ1v) is 9.42. The summed E-state index contributed by atoms with van der Waals surface area (Å²) in [6, 6.07) is 3.93. The van der Waals surface area contributed by atoms with Crippen LogP contribution in [-0.2, 0) is 15.6 Å². The summed E-state index contributed by atoms with van der Waals surface area (Å²) < 4.78 is 38.4. The van der Waals surface area contributed by atoms with E-state index >= 15 is 0 Å². The van der Waals surface area contributed by atoms with Crippen LogP contribution in [0.5, 0.6) is 0 Å². The molecule has 0 bridgehead atoms. The van der Waals surface area contributed by atoms with E-state index in [0.29, 0.717) is 11.3 Å². The van der Waals surface area contributed by atoms with Gasteiger partial charge in [-0.05, 0) is 25.1 Å². The van der Waals surface area contributed by atoms with Crippen LogP contribution in [0.4, 0.5) is 10.1 Å². The van der Waals surface area contributed by atoms with Gasteiger partial charge in [0.25, 0.3) is 5.91 Å². The molecule has 3 N–H and O–H groups in total. The Morgan fingerprint density at radius 3 is 2.70 bits per heavy atom. The number of carbonyl (C=O) groups excluding carboxylic acids is 1. The first-order chi connectivity index (χ1) is 12.6. The fraction of sp³-hybridized carbons (Fsp3) is 0.250. The van der Waals surface area contributed by atoms with E-state index < -0.39 is 27.3 Å². The molecule has 1 aliphatic rings. The molecule has 27 heavy (non-hydrogen) atoms. The van der Waals surface area contributed by atoms with Gasteiger partial charge in [-0.15, -0.1) is 0 Å². The average molecular weight is 392 g/mol. The quantitative estimate of drug-likeness (QED) is 0.790. The van der Waals surface area contributed by atoms with Gasteiger partial charge >= 0.3 is 0 Å². The van der Waals surface area contributed by atoms with Gasteiger partial charge in [-0.1, -0.05) is 0 Å². The highest BCUT2D eigenvalue weighted by atomic mass is 32.2. The lowest BCUT2D eigenvalue weighted by Gasteiger charge is -2.34. The Morgan fingerprint density at radius 2 is 2.07 bits per heavy atom. The largest absolute Gasteiger partial charge is 0.369 e. The number of hydrogen-bond donors (Lipinski definition) is 2. The number of carbonyl (C=O) groups is 1. The summed E-state index contributed by atoms with van der Waals surface area (Å²) in [7, 11) is -2.30. The Balaban J connectivity index is 1.89. The third-order valence-corrected chi connectivity index (χ3v) is 6.09. The number of guanidine groups is 1. The van der Waals surface area contributed by atoms with Crippen LogP contribution in [0.1, 0.15) is 23.0 Å². The van der Waals surface area contributed by atoms with Gasteiger partial charge in [-0.2, -0.15) is 0 Å². The summed E-state index contributed by atoms with van der Waals surface area (Å²) in [5.41, 5.74) is 5.39. The van der Waals surface area contributed by atoms with Crippen molar-refractivity contribution in [2.24, 2.45) is 10.7 Å². The molecule has 0 fully saturated rings. The molecular weight excluding hydrogens is 375 g/mol. The van der Waals surface area contributed by atoms with Crippen molar-refractivity contribution in [3.05, 3.63) is 53.9 Å². The van der Waals surface area contributed by atoms with Crippen LogP contribution in [0.15, 0.2) is 41.8 Å². The number of aliphatic imine (C=N–C) groups is 1. The summed E-state index contributed by atoms with van der Waals surface area (Å²) in [6.45, 7) is 1.62. The highest BCUT2D eigenvalue weighted by Crippen LogP contribution is 2.32.